The molecule has 0 saturated heterocycles. The maximum atomic E-state index is 10.8. The summed E-state index contributed by atoms with van der Waals surface area (Å²) in [6.45, 7) is 4.76. The fourth-order valence-electron chi connectivity index (χ4n) is 2.24. The van der Waals surface area contributed by atoms with Crippen LogP contribution in [-0.4, -0.2) is 26.5 Å². The highest BCUT2D eigenvalue weighted by Gasteiger charge is 2.10. The second-order valence-electron chi connectivity index (χ2n) is 5.33. The van der Waals surface area contributed by atoms with Gasteiger partial charge in [-0.05, 0) is 43.5 Å². The summed E-state index contributed by atoms with van der Waals surface area (Å²) in [5.74, 6) is 0. The van der Waals surface area contributed by atoms with Crippen molar-refractivity contribution >= 4 is 26.8 Å². The summed E-state index contributed by atoms with van der Waals surface area (Å²) in [6.07, 6.45) is 2.08. The molecule has 0 aliphatic rings. The van der Waals surface area contributed by atoms with Crippen molar-refractivity contribution in [1.29, 1.82) is 5.26 Å². The maximum absolute atomic E-state index is 10.8. The summed E-state index contributed by atoms with van der Waals surface area (Å²) in [5, 5.41) is 18.2. The molecule has 0 aliphatic carbocycles. The van der Waals surface area contributed by atoms with Crippen molar-refractivity contribution in [2.75, 3.05) is 18.4 Å². The van der Waals surface area contributed by atoms with Gasteiger partial charge in [0.2, 0.25) is 0 Å². The molecule has 0 unspecified atom stereocenters. The molecule has 0 atom stereocenters. The third-order valence-corrected chi connectivity index (χ3v) is 4.17. The molecule has 0 spiro atoms. The van der Waals surface area contributed by atoms with E-state index in [0.29, 0.717) is 18.5 Å². The maximum Gasteiger partial charge on any atom is 0.274 e. The first-order valence-corrected chi connectivity index (χ1v) is 8.68. The van der Waals surface area contributed by atoms with Crippen molar-refractivity contribution in [3.8, 4) is 6.07 Å². The molecule has 0 amide bonds. The van der Waals surface area contributed by atoms with Gasteiger partial charge in [-0.25, -0.2) is 9.86 Å². The molecule has 7 nitrogen and oxygen atoms in total. The molecule has 1 aromatic carbocycles. The molecule has 0 bridgehead atoms. The van der Waals surface area contributed by atoms with E-state index in [-0.39, 0.29) is 6.54 Å². The summed E-state index contributed by atoms with van der Waals surface area (Å²) in [5.41, 5.74) is 4.25. The molecule has 2 rings (SSSR count). The van der Waals surface area contributed by atoms with Crippen LogP contribution in [0, 0.1) is 25.2 Å². The number of hydrogen-bond acceptors (Lipinski definition) is 5. The lowest BCUT2D eigenvalue weighted by Gasteiger charge is -2.13. The first kappa shape index (κ1) is 17.1. The van der Waals surface area contributed by atoms with E-state index in [1.807, 2.05) is 26.0 Å². The molecule has 8 heteroatoms. The lowest BCUT2D eigenvalue weighted by molar-refractivity contribution is 0.582. The number of benzene rings is 1. The number of nitrogens with one attached hydrogen (secondary N) is 2. The second-order valence-corrected chi connectivity index (χ2v) is 6.71. The average Bonchev–Trinajstić information content (AvgIpc) is 2.47. The number of hydrogen-bond donors (Lipinski definition) is 3. The zero-order chi connectivity index (χ0) is 17.0. The first-order chi connectivity index (χ1) is 10.8. The van der Waals surface area contributed by atoms with Crippen LogP contribution in [0.15, 0.2) is 18.3 Å². The number of aryl methyl sites for hydroxylation is 2. The monoisotopic (exact) mass is 333 g/mol. The molecular formula is C15H19N5O2S. The Morgan fingerprint density at radius 3 is 2.61 bits per heavy atom. The lowest BCUT2D eigenvalue weighted by Crippen LogP contribution is -2.32. The second kappa shape index (κ2) is 6.91. The summed E-state index contributed by atoms with van der Waals surface area (Å²) in [6, 6.07) is 6.12. The van der Waals surface area contributed by atoms with Crippen LogP contribution in [-0.2, 0) is 10.2 Å². The van der Waals surface area contributed by atoms with Crippen molar-refractivity contribution < 1.29 is 8.42 Å². The Balaban J connectivity index is 2.21. The van der Waals surface area contributed by atoms with Gasteiger partial charge in [-0.2, -0.15) is 13.7 Å². The van der Waals surface area contributed by atoms with Gasteiger partial charge in [-0.1, -0.05) is 0 Å². The number of nitriles is 1. The smallest absolute Gasteiger partial charge is 0.274 e. The van der Waals surface area contributed by atoms with Crippen LogP contribution in [0.3, 0.4) is 0 Å². The van der Waals surface area contributed by atoms with Gasteiger partial charge in [-0.3, -0.25) is 4.98 Å². The Morgan fingerprint density at radius 1 is 1.26 bits per heavy atom. The van der Waals surface area contributed by atoms with Crippen LogP contribution >= 0.6 is 0 Å². The van der Waals surface area contributed by atoms with Gasteiger partial charge in [0.15, 0.2) is 0 Å². The van der Waals surface area contributed by atoms with E-state index >= 15 is 0 Å². The van der Waals surface area contributed by atoms with E-state index in [9.17, 15) is 13.7 Å². The Hall–Kier alpha value is -2.21. The standard InChI is InChI=1S/C15H19N5O2S/c1-10-6-13-14(7-11(10)2)19-9-12(8-16)15(13)18-4-3-5-20-23(17,21)22/h6-7,9,20H,3-5H2,1-2H3,(H,18,19)(H2,17,21,22). The minimum absolute atomic E-state index is 0.231. The summed E-state index contributed by atoms with van der Waals surface area (Å²) in [4.78, 5) is 4.32. The fraction of sp³-hybridized carbons (Fsp3) is 0.333. The number of rotatable bonds is 6. The number of anilines is 1. The third kappa shape index (κ3) is 4.39. The SMILES string of the molecule is Cc1cc2ncc(C#N)c(NCCCNS(N)(=O)=O)c2cc1C. The summed E-state index contributed by atoms with van der Waals surface area (Å²) < 4.78 is 23.8. The molecule has 2 aromatic rings. The highest BCUT2D eigenvalue weighted by molar-refractivity contribution is 7.87. The first-order valence-electron chi connectivity index (χ1n) is 7.13. The predicted octanol–water partition coefficient (Wildman–Crippen LogP) is 1.32. The highest BCUT2D eigenvalue weighted by atomic mass is 32.2. The Labute approximate surface area is 135 Å². The van der Waals surface area contributed by atoms with E-state index in [4.69, 9.17) is 5.14 Å². The Bertz CT molecular complexity index is 872. The number of nitrogens with zero attached hydrogens (tertiary/aromatic N) is 2. The average molecular weight is 333 g/mol. The van der Waals surface area contributed by atoms with Crippen molar-refractivity contribution in [3.63, 3.8) is 0 Å². The normalized spacial score (nSPS) is 11.4. The molecule has 1 aromatic heterocycles. The topological polar surface area (TPSA) is 121 Å². The van der Waals surface area contributed by atoms with Gasteiger partial charge in [0, 0.05) is 24.7 Å². The lowest BCUT2D eigenvalue weighted by atomic mass is 10.0. The van der Waals surface area contributed by atoms with E-state index in [1.54, 1.807) is 6.20 Å². The number of pyridine rings is 1. The van der Waals surface area contributed by atoms with E-state index in [2.05, 4.69) is 21.1 Å². The quantitative estimate of drug-likeness (QED) is 0.688. The van der Waals surface area contributed by atoms with Gasteiger partial charge in [-0.15, -0.1) is 0 Å². The van der Waals surface area contributed by atoms with Gasteiger partial charge in [0.1, 0.15) is 6.07 Å². The number of aromatic nitrogens is 1. The Kier molecular flexibility index (Phi) is 5.15. The molecule has 122 valence electrons. The molecule has 0 fully saturated rings. The van der Waals surface area contributed by atoms with Gasteiger partial charge < -0.3 is 5.32 Å². The van der Waals surface area contributed by atoms with Crippen molar-refractivity contribution in [3.05, 3.63) is 35.0 Å². The number of nitrogens with two attached hydrogens (primary N) is 1. The van der Waals surface area contributed by atoms with Crippen LogP contribution < -0.4 is 15.2 Å². The minimum atomic E-state index is -3.67. The summed E-state index contributed by atoms with van der Waals surface area (Å²) >= 11 is 0. The van der Waals surface area contributed by atoms with Crippen LogP contribution in [0.25, 0.3) is 10.9 Å². The molecule has 4 N–H and O–H groups in total. The van der Waals surface area contributed by atoms with Crippen LogP contribution in [0.2, 0.25) is 0 Å². The minimum Gasteiger partial charge on any atom is -0.383 e. The van der Waals surface area contributed by atoms with Crippen molar-refractivity contribution in [2.45, 2.75) is 20.3 Å². The molecular weight excluding hydrogens is 314 g/mol. The zero-order valence-electron chi connectivity index (χ0n) is 13.0. The van der Waals surface area contributed by atoms with Crippen LogP contribution in [0.1, 0.15) is 23.1 Å². The molecule has 1 heterocycles. The fourth-order valence-corrected chi connectivity index (χ4v) is 2.67. The molecule has 23 heavy (non-hydrogen) atoms. The van der Waals surface area contributed by atoms with Crippen LogP contribution in [0.5, 0.6) is 0 Å². The molecule has 0 saturated carbocycles. The largest absolute Gasteiger partial charge is 0.383 e. The van der Waals surface area contributed by atoms with Crippen molar-refractivity contribution in [1.82, 2.24) is 9.71 Å². The van der Waals surface area contributed by atoms with E-state index < -0.39 is 10.2 Å². The third-order valence-electron chi connectivity index (χ3n) is 3.56. The molecule has 0 radical (unpaired) electrons. The van der Waals surface area contributed by atoms with Gasteiger partial charge >= 0.3 is 0 Å². The summed E-state index contributed by atoms with van der Waals surface area (Å²) in [7, 11) is -3.67. The van der Waals surface area contributed by atoms with Crippen molar-refractivity contribution in [2.24, 2.45) is 5.14 Å². The number of fused-ring (bicyclic) bond motifs is 1. The van der Waals surface area contributed by atoms with E-state index in [1.165, 1.54) is 0 Å². The van der Waals surface area contributed by atoms with Gasteiger partial charge in [0.25, 0.3) is 10.2 Å². The zero-order valence-corrected chi connectivity index (χ0v) is 13.9. The van der Waals surface area contributed by atoms with Gasteiger partial charge in [0.05, 0.1) is 16.8 Å². The Morgan fingerprint density at radius 2 is 1.96 bits per heavy atom. The highest BCUT2D eigenvalue weighted by Crippen LogP contribution is 2.27. The van der Waals surface area contributed by atoms with E-state index in [0.717, 1.165) is 27.7 Å². The predicted molar refractivity (Wildman–Crippen MR) is 90.1 cm³/mol. The molecule has 0 aliphatic heterocycles. The van der Waals surface area contributed by atoms with Crippen LogP contribution in [0.4, 0.5) is 5.69 Å².